The third kappa shape index (κ3) is 10.3. The number of carboxylic acids is 1. The van der Waals surface area contributed by atoms with Gasteiger partial charge in [-0.25, -0.2) is 4.79 Å². The van der Waals surface area contributed by atoms with E-state index in [2.05, 4.69) is 40.0 Å². The predicted molar refractivity (Wildman–Crippen MR) is 198 cm³/mol. The van der Waals surface area contributed by atoms with Gasteiger partial charge >= 0.3 is 12.0 Å². The smallest absolute Gasteiger partial charge is 0.325 e. The van der Waals surface area contributed by atoms with Crippen LogP contribution >= 0.6 is 11.6 Å². The van der Waals surface area contributed by atoms with Crippen LogP contribution in [0.2, 0.25) is 5.02 Å². The summed E-state index contributed by atoms with van der Waals surface area (Å²) in [6.45, 7) is 7.32. The van der Waals surface area contributed by atoms with Crippen molar-refractivity contribution in [3.05, 3.63) is 82.1 Å². The molecule has 3 aromatic rings. The maximum absolute atomic E-state index is 12.5. The topological polar surface area (TPSA) is 156 Å². The van der Waals surface area contributed by atoms with Crippen LogP contribution in [0.1, 0.15) is 88.0 Å². The van der Waals surface area contributed by atoms with E-state index in [0.717, 1.165) is 84.1 Å². The first-order valence-corrected chi connectivity index (χ1v) is 18.5. The largest absolute Gasteiger partial charge is 0.490 e. The minimum Gasteiger partial charge on any atom is -0.490 e. The fraction of sp³-hybridized carbons (Fsp3) is 0.475. The molecule has 3 atom stereocenters. The number of carboxylic acid groups (broad SMARTS) is 1. The minimum absolute atomic E-state index is 0.121. The second-order valence-corrected chi connectivity index (χ2v) is 14.5. The first-order valence-electron chi connectivity index (χ1n) is 18.1. The fourth-order valence-electron chi connectivity index (χ4n) is 6.09. The van der Waals surface area contributed by atoms with E-state index >= 15 is 0 Å². The minimum atomic E-state index is -1.16. The van der Waals surface area contributed by atoms with Crippen LogP contribution in [0.4, 0.5) is 4.79 Å². The summed E-state index contributed by atoms with van der Waals surface area (Å²) in [5.41, 5.74) is 5.98. The summed E-state index contributed by atoms with van der Waals surface area (Å²) < 4.78 is 12.9. The summed E-state index contributed by atoms with van der Waals surface area (Å²) in [7, 11) is 0. The molecular formula is C40H49ClN4O7. The van der Waals surface area contributed by atoms with Crippen LogP contribution in [0.15, 0.2) is 54.9 Å². The molecule has 0 saturated heterocycles. The molecule has 2 aromatic carbocycles. The van der Waals surface area contributed by atoms with E-state index in [1.165, 1.54) is 6.92 Å². The first kappa shape index (κ1) is 38.7. The van der Waals surface area contributed by atoms with Gasteiger partial charge in [0.2, 0.25) is 5.91 Å². The summed E-state index contributed by atoms with van der Waals surface area (Å²) in [4.78, 5) is 52.5. The fourth-order valence-corrected chi connectivity index (χ4v) is 6.33. The molecule has 52 heavy (non-hydrogen) atoms. The normalized spacial score (nSPS) is 16.2. The van der Waals surface area contributed by atoms with Gasteiger partial charge in [0.25, 0.3) is 0 Å². The van der Waals surface area contributed by atoms with E-state index < -0.39 is 41.5 Å². The number of aromatic nitrogens is 1. The number of aliphatic carboxylic acids is 1. The number of rotatable bonds is 19. The molecule has 278 valence electrons. The molecule has 12 heteroatoms. The highest BCUT2D eigenvalue weighted by molar-refractivity contribution is 6.31. The third-order valence-electron chi connectivity index (χ3n) is 9.69. The van der Waals surface area contributed by atoms with Crippen LogP contribution in [-0.2, 0) is 37.7 Å². The Morgan fingerprint density at radius 2 is 1.73 bits per heavy atom. The first-order chi connectivity index (χ1) is 24.9. The molecule has 0 spiro atoms. The lowest BCUT2D eigenvalue weighted by molar-refractivity contribution is -0.142. The van der Waals surface area contributed by atoms with Crippen LogP contribution < -0.4 is 20.7 Å². The molecule has 0 aliphatic heterocycles. The van der Waals surface area contributed by atoms with Gasteiger partial charge in [-0.3, -0.25) is 19.4 Å². The number of halogens is 1. The molecule has 2 aliphatic carbocycles. The van der Waals surface area contributed by atoms with Gasteiger partial charge in [0.1, 0.15) is 11.8 Å². The van der Waals surface area contributed by atoms with E-state index in [1.54, 1.807) is 13.8 Å². The molecule has 0 bridgehead atoms. The number of hydrogen-bond donors (Lipinski definition) is 4. The van der Waals surface area contributed by atoms with Crippen molar-refractivity contribution < 1.29 is 33.8 Å². The van der Waals surface area contributed by atoms with Gasteiger partial charge in [-0.15, -0.1) is 0 Å². The Kier molecular flexibility index (Phi) is 12.9. The number of carbonyl (C=O) groups is 4. The van der Waals surface area contributed by atoms with Crippen molar-refractivity contribution in [1.82, 2.24) is 20.9 Å². The number of urea groups is 1. The van der Waals surface area contributed by atoms with Gasteiger partial charge in [0, 0.05) is 47.4 Å². The maximum atomic E-state index is 12.5. The zero-order valence-corrected chi connectivity index (χ0v) is 31.1. The summed E-state index contributed by atoms with van der Waals surface area (Å²) in [6, 6.07) is 12.0. The van der Waals surface area contributed by atoms with Crippen LogP contribution in [0.3, 0.4) is 0 Å². The van der Waals surface area contributed by atoms with E-state index in [4.69, 9.17) is 26.2 Å². The zero-order chi connectivity index (χ0) is 37.4. The highest BCUT2D eigenvalue weighted by atomic mass is 35.5. The van der Waals surface area contributed by atoms with Gasteiger partial charge in [-0.05, 0) is 106 Å². The summed E-state index contributed by atoms with van der Waals surface area (Å²) in [5, 5.41) is 17.4. The van der Waals surface area contributed by atoms with Crippen LogP contribution in [-0.4, -0.2) is 58.5 Å². The average molecular weight is 733 g/mol. The lowest BCUT2D eigenvalue weighted by Gasteiger charge is -2.22. The summed E-state index contributed by atoms with van der Waals surface area (Å²) in [6.07, 6.45) is 10.2. The van der Waals surface area contributed by atoms with E-state index in [-0.39, 0.29) is 12.2 Å². The van der Waals surface area contributed by atoms with Crippen molar-refractivity contribution >= 4 is 35.3 Å². The Morgan fingerprint density at radius 1 is 0.981 bits per heavy atom. The Labute approximate surface area is 310 Å². The number of carbonyl (C=O) groups excluding carboxylic acids is 3. The lowest BCUT2D eigenvalue weighted by Crippen LogP contribution is -2.46. The molecule has 4 N–H and O–H groups in total. The number of Topliss-reactive ketones (excluding diaryl/α,β-unsaturated/α-hetero) is 1. The van der Waals surface area contributed by atoms with Crippen LogP contribution in [0, 0.1) is 12.8 Å². The van der Waals surface area contributed by atoms with Crippen molar-refractivity contribution in [2.45, 2.75) is 109 Å². The number of ketones is 1. The average Bonchev–Trinajstić information content (AvgIpc) is 4.06. The van der Waals surface area contributed by atoms with Crippen molar-refractivity contribution in [3.8, 4) is 16.9 Å². The quantitative estimate of drug-likeness (QED) is 0.0999. The number of nitrogens with zero attached hydrogens (tertiary/aromatic N) is 1. The second-order valence-electron chi connectivity index (χ2n) is 14.1. The van der Waals surface area contributed by atoms with Gasteiger partial charge in [-0.2, -0.15) is 0 Å². The SMILES string of the molecule is Cc1cc(COC2(c3cnccc3-c3ccccc3OC3CC3)CC2)c(Cl)cc1CCCCNC(=O)N[C@@H](C)C(=O)C[C@@H](C)C(=O)N[C@@H](C)C(=O)O. The molecular weight excluding hydrogens is 684 g/mol. The number of amides is 3. The van der Waals surface area contributed by atoms with Crippen molar-refractivity contribution in [2.75, 3.05) is 6.54 Å². The molecule has 2 aliphatic rings. The molecule has 3 amide bonds. The highest BCUT2D eigenvalue weighted by Crippen LogP contribution is 2.53. The van der Waals surface area contributed by atoms with Crippen molar-refractivity contribution in [2.24, 2.45) is 5.92 Å². The summed E-state index contributed by atoms with van der Waals surface area (Å²) in [5.74, 6) is -1.85. The Morgan fingerprint density at radius 3 is 2.44 bits per heavy atom. The number of benzene rings is 2. The van der Waals surface area contributed by atoms with Crippen molar-refractivity contribution in [3.63, 3.8) is 0 Å². The molecule has 1 aromatic heterocycles. The standard InChI is InChI=1S/C40H49ClN4O7/c1-24-19-29(23-51-40(15-16-40)33-22-42-18-14-31(33)32-10-5-6-11-36(32)52-30-12-13-30)34(41)21-28(24)9-7-8-17-43-39(50)45-26(3)35(46)20-25(2)37(47)44-27(4)38(48)49/h5-6,10-11,14,18-19,21-22,25-27,30H,7-9,12-13,15-17,20,23H2,1-4H3,(H,44,47)(H,48,49)(H2,43,45,50)/t25-,26+,27+/m1/s1. The van der Waals surface area contributed by atoms with Crippen LogP contribution in [0.25, 0.3) is 11.1 Å². The van der Waals surface area contributed by atoms with E-state index in [9.17, 15) is 19.2 Å². The van der Waals surface area contributed by atoms with Crippen LogP contribution in [0.5, 0.6) is 5.75 Å². The highest BCUT2D eigenvalue weighted by Gasteiger charge is 2.48. The Bertz CT molecular complexity index is 1770. The third-order valence-corrected chi connectivity index (χ3v) is 10.0. The monoisotopic (exact) mass is 732 g/mol. The van der Waals surface area contributed by atoms with E-state index in [1.807, 2.05) is 42.7 Å². The number of ether oxygens (including phenoxy) is 2. The number of unbranched alkanes of at least 4 members (excludes halogenated alkanes) is 1. The molecule has 0 unspecified atom stereocenters. The molecule has 0 radical (unpaired) electrons. The number of nitrogens with one attached hydrogen (secondary N) is 3. The maximum Gasteiger partial charge on any atom is 0.325 e. The molecule has 11 nitrogen and oxygen atoms in total. The van der Waals surface area contributed by atoms with Gasteiger partial charge in [0.05, 0.1) is 24.4 Å². The predicted octanol–water partition coefficient (Wildman–Crippen LogP) is 6.65. The Balaban J connectivity index is 1.06. The second kappa shape index (κ2) is 17.4. The molecule has 5 rings (SSSR count). The number of aryl methyl sites for hydroxylation is 2. The number of hydrogen-bond acceptors (Lipinski definition) is 7. The molecule has 2 saturated carbocycles. The van der Waals surface area contributed by atoms with E-state index in [0.29, 0.717) is 24.3 Å². The number of pyridine rings is 1. The van der Waals surface area contributed by atoms with Crippen molar-refractivity contribution in [1.29, 1.82) is 0 Å². The lowest BCUT2D eigenvalue weighted by atomic mass is 9.96. The molecule has 1 heterocycles. The number of para-hydroxylation sites is 1. The van der Waals surface area contributed by atoms with Gasteiger partial charge in [-0.1, -0.05) is 42.8 Å². The Hall–Kier alpha value is -4.48. The summed E-state index contributed by atoms with van der Waals surface area (Å²) >= 11 is 6.79. The molecule has 2 fully saturated rings. The zero-order valence-electron chi connectivity index (χ0n) is 30.3. The van der Waals surface area contributed by atoms with Gasteiger partial charge < -0.3 is 30.5 Å². The van der Waals surface area contributed by atoms with Gasteiger partial charge in [0.15, 0.2) is 5.78 Å².